The summed E-state index contributed by atoms with van der Waals surface area (Å²) in [4.78, 5) is 2.60. The molecule has 1 N–H and O–H groups in total. The van der Waals surface area contributed by atoms with Crippen LogP contribution < -0.4 is 5.32 Å². The zero-order chi connectivity index (χ0) is 13.5. The largest absolute Gasteiger partial charge is 0.315 e. The van der Waals surface area contributed by atoms with Crippen molar-refractivity contribution in [2.45, 2.75) is 45.7 Å². The molecule has 1 fully saturated rings. The van der Waals surface area contributed by atoms with Crippen molar-refractivity contribution in [3.05, 3.63) is 35.9 Å². The van der Waals surface area contributed by atoms with Crippen molar-refractivity contribution >= 4 is 0 Å². The average Bonchev–Trinajstić information content (AvgIpc) is 2.42. The summed E-state index contributed by atoms with van der Waals surface area (Å²) in [5.74, 6) is 0.918. The normalized spacial score (nSPS) is 19.5. The summed E-state index contributed by atoms with van der Waals surface area (Å²) in [6.07, 6.45) is 4.07. The molecule has 0 amide bonds. The van der Waals surface area contributed by atoms with Gasteiger partial charge in [-0.25, -0.2) is 0 Å². The Hall–Kier alpha value is -0.860. The van der Waals surface area contributed by atoms with Gasteiger partial charge in [0, 0.05) is 12.6 Å². The first-order valence-electron chi connectivity index (χ1n) is 7.77. The summed E-state index contributed by atoms with van der Waals surface area (Å²) in [5.41, 5.74) is 1.45. The predicted molar refractivity (Wildman–Crippen MR) is 82.2 cm³/mol. The molecule has 0 aromatic heterocycles. The van der Waals surface area contributed by atoms with Gasteiger partial charge in [-0.2, -0.15) is 0 Å². The molecular weight excluding hydrogens is 232 g/mol. The summed E-state index contributed by atoms with van der Waals surface area (Å²) in [7, 11) is 0. The minimum absolute atomic E-state index is 0.677. The maximum absolute atomic E-state index is 3.53. The van der Waals surface area contributed by atoms with Crippen molar-refractivity contribution in [2.75, 3.05) is 19.6 Å². The van der Waals surface area contributed by atoms with E-state index in [4.69, 9.17) is 0 Å². The molecule has 1 saturated heterocycles. The quantitative estimate of drug-likeness (QED) is 0.844. The van der Waals surface area contributed by atoms with E-state index in [1.54, 1.807) is 0 Å². The van der Waals surface area contributed by atoms with Gasteiger partial charge in [-0.3, -0.25) is 4.90 Å². The van der Waals surface area contributed by atoms with Gasteiger partial charge < -0.3 is 5.32 Å². The molecule has 0 radical (unpaired) electrons. The van der Waals surface area contributed by atoms with E-state index in [2.05, 4.69) is 54.4 Å². The first-order valence-corrected chi connectivity index (χ1v) is 7.77. The van der Waals surface area contributed by atoms with Gasteiger partial charge in [0.15, 0.2) is 0 Å². The number of nitrogens with one attached hydrogen (secondary N) is 1. The molecule has 19 heavy (non-hydrogen) atoms. The van der Waals surface area contributed by atoms with Crippen LogP contribution in [0.5, 0.6) is 0 Å². The number of benzene rings is 1. The van der Waals surface area contributed by atoms with E-state index in [1.807, 2.05) is 0 Å². The van der Waals surface area contributed by atoms with E-state index in [9.17, 15) is 0 Å². The molecule has 1 aliphatic rings. The predicted octanol–water partition coefficient (Wildman–Crippen LogP) is 3.29. The highest BCUT2D eigenvalue weighted by Crippen LogP contribution is 2.23. The van der Waals surface area contributed by atoms with Crippen LogP contribution >= 0.6 is 0 Å². The fourth-order valence-electron chi connectivity index (χ4n) is 3.15. The van der Waals surface area contributed by atoms with Crippen LogP contribution in [0.1, 0.15) is 38.7 Å². The molecule has 106 valence electrons. The van der Waals surface area contributed by atoms with Crippen molar-refractivity contribution in [3.63, 3.8) is 0 Å². The third kappa shape index (κ3) is 4.96. The number of likely N-dealkylation sites (tertiary alicyclic amines) is 1. The first-order chi connectivity index (χ1) is 9.28. The van der Waals surface area contributed by atoms with Gasteiger partial charge in [-0.05, 0) is 57.3 Å². The Morgan fingerprint density at radius 3 is 2.53 bits per heavy atom. The van der Waals surface area contributed by atoms with Gasteiger partial charge in [0.25, 0.3) is 0 Å². The molecule has 2 nitrogen and oxygen atoms in total. The highest BCUT2D eigenvalue weighted by atomic mass is 15.1. The average molecular weight is 260 g/mol. The fourth-order valence-corrected chi connectivity index (χ4v) is 3.15. The molecule has 1 heterocycles. The Labute approximate surface area is 118 Å². The number of hydrogen-bond donors (Lipinski definition) is 1. The zero-order valence-corrected chi connectivity index (χ0v) is 12.4. The van der Waals surface area contributed by atoms with Gasteiger partial charge in [0.2, 0.25) is 0 Å². The van der Waals surface area contributed by atoms with Crippen LogP contribution in [0.15, 0.2) is 30.3 Å². The van der Waals surface area contributed by atoms with Crippen molar-refractivity contribution in [1.82, 2.24) is 10.2 Å². The van der Waals surface area contributed by atoms with E-state index in [1.165, 1.54) is 37.9 Å². The third-order valence-corrected chi connectivity index (χ3v) is 4.20. The molecule has 2 rings (SSSR count). The molecule has 0 saturated carbocycles. The van der Waals surface area contributed by atoms with E-state index in [0.29, 0.717) is 6.04 Å². The Balaban J connectivity index is 1.70. The minimum Gasteiger partial charge on any atom is -0.315 e. The van der Waals surface area contributed by atoms with Crippen LogP contribution in [-0.2, 0) is 6.54 Å². The number of hydrogen-bond acceptors (Lipinski definition) is 2. The lowest BCUT2D eigenvalue weighted by atomic mass is 9.90. The lowest BCUT2D eigenvalue weighted by Gasteiger charge is -2.33. The van der Waals surface area contributed by atoms with E-state index < -0.39 is 0 Å². The Kier molecular flexibility index (Phi) is 5.87. The van der Waals surface area contributed by atoms with Gasteiger partial charge >= 0.3 is 0 Å². The zero-order valence-electron chi connectivity index (χ0n) is 12.4. The summed E-state index contributed by atoms with van der Waals surface area (Å²) in [6, 6.07) is 11.5. The lowest BCUT2D eigenvalue weighted by molar-refractivity contribution is 0.166. The van der Waals surface area contributed by atoms with Gasteiger partial charge in [-0.15, -0.1) is 0 Å². The van der Waals surface area contributed by atoms with Crippen molar-refractivity contribution in [2.24, 2.45) is 5.92 Å². The molecule has 0 spiro atoms. The Morgan fingerprint density at radius 1 is 1.21 bits per heavy atom. The molecule has 1 atom stereocenters. The Morgan fingerprint density at radius 2 is 1.89 bits per heavy atom. The monoisotopic (exact) mass is 260 g/mol. The lowest BCUT2D eigenvalue weighted by Crippen LogP contribution is -2.36. The smallest absolute Gasteiger partial charge is 0.0233 e. The molecular formula is C17H28N2. The topological polar surface area (TPSA) is 15.3 Å². The van der Waals surface area contributed by atoms with Crippen LogP contribution in [0.3, 0.4) is 0 Å². The van der Waals surface area contributed by atoms with Crippen molar-refractivity contribution in [3.8, 4) is 0 Å². The Bertz CT molecular complexity index is 342. The standard InChI is InChI=1S/C17H28N2/c1-3-18-15(2)13-16-9-11-19(12-10-16)14-17-7-5-4-6-8-17/h4-8,15-16,18H,3,9-14H2,1-2H3. The fraction of sp³-hybridized carbons (Fsp3) is 0.647. The first kappa shape index (κ1) is 14.5. The van der Waals surface area contributed by atoms with Crippen LogP contribution in [-0.4, -0.2) is 30.6 Å². The van der Waals surface area contributed by atoms with Gasteiger partial charge in [-0.1, -0.05) is 37.3 Å². The van der Waals surface area contributed by atoms with Crippen molar-refractivity contribution in [1.29, 1.82) is 0 Å². The van der Waals surface area contributed by atoms with E-state index in [0.717, 1.165) is 19.0 Å². The van der Waals surface area contributed by atoms with Crippen molar-refractivity contribution < 1.29 is 0 Å². The second-order valence-corrected chi connectivity index (χ2v) is 5.90. The van der Waals surface area contributed by atoms with E-state index >= 15 is 0 Å². The number of piperidine rings is 1. The molecule has 2 heteroatoms. The maximum atomic E-state index is 3.53. The van der Waals surface area contributed by atoms with E-state index in [-0.39, 0.29) is 0 Å². The van der Waals surface area contributed by atoms with Crippen LogP contribution in [0, 0.1) is 5.92 Å². The number of nitrogens with zero attached hydrogens (tertiary/aromatic N) is 1. The molecule has 1 aromatic carbocycles. The SMILES string of the molecule is CCNC(C)CC1CCN(Cc2ccccc2)CC1. The number of rotatable bonds is 6. The van der Waals surface area contributed by atoms with Crippen LogP contribution in [0.25, 0.3) is 0 Å². The molecule has 0 bridgehead atoms. The summed E-state index contributed by atoms with van der Waals surface area (Å²) < 4.78 is 0. The van der Waals surface area contributed by atoms with Gasteiger partial charge in [0.05, 0.1) is 0 Å². The third-order valence-electron chi connectivity index (χ3n) is 4.20. The van der Waals surface area contributed by atoms with Crippen LogP contribution in [0.2, 0.25) is 0 Å². The second kappa shape index (κ2) is 7.66. The van der Waals surface area contributed by atoms with Crippen LogP contribution in [0.4, 0.5) is 0 Å². The molecule has 1 aromatic rings. The summed E-state index contributed by atoms with van der Waals surface area (Å²) in [5, 5.41) is 3.53. The van der Waals surface area contributed by atoms with Gasteiger partial charge in [0.1, 0.15) is 0 Å². The molecule has 1 unspecified atom stereocenters. The summed E-state index contributed by atoms with van der Waals surface area (Å²) in [6.45, 7) is 9.25. The highest BCUT2D eigenvalue weighted by molar-refractivity contribution is 5.14. The summed E-state index contributed by atoms with van der Waals surface area (Å²) >= 11 is 0. The molecule has 1 aliphatic heterocycles. The molecule has 0 aliphatic carbocycles. The minimum atomic E-state index is 0.677. The highest BCUT2D eigenvalue weighted by Gasteiger charge is 2.20. The second-order valence-electron chi connectivity index (χ2n) is 5.90. The maximum Gasteiger partial charge on any atom is 0.0233 e.